The van der Waals surface area contributed by atoms with Gasteiger partial charge in [0.15, 0.2) is 0 Å². The molecule has 0 spiro atoms. The van der Waals surface area contributed by atoms with E-state index in [1.54, 1.807) is 20.2 Å². The van der Waals surface area contributed by atoms with Gasteiger partial charge in [0.05, 0.1) is 7.11 Å². The van der Waals surface area contributed by atoms with Gasteiger partial charge < -0.3 is 10.1 Å². The number of nitrogens with one attached hydrogen (secondary N) is 1. The minimum atomic E-state index is -0.131. The second-order valence-electron chi connectivity index (χ2n) is 5.43. The van der Waals surface area contributed by atoms with E-state index in [2.05, 4.69) is 23.5 Å². The van der Waals surface area contributed by atoms with Gasteiger partial charge >= 0.3 is 0 Å². The predicted molar refractivity (Wildman–Crippen MR) is 98.1 cm³/mol. The van der Waals surface area contributed by atoms with Gasteiger partial charge in [-0.15, -0.1) is 0 Å². The zero-order valence-corrected chi connectivity index (χ0v) is 13.7. The van der Waals surface area contributed by atoms with Crippen LogP contribution in [0.5, 0.6) is 5.75 Å². The van der Waals surface area contributed by atoms with E-state index in [-0.39, 0.29) is 5.91 Å². The van der Waals surface area contributed by atoms with Crippen molar-refractivity contribution in [2.45, 2.75) is 0 Å². The number of ether oxygens (including phenoxy) is 1. The van der Waals surface area contributed by atoms with Crippen molar-refractivity contribution in [1.82, 2.24) is 5.32 Å². The van der Waals surface area contributed by atoms with Crippen molar-refractivity contribution in [3.8, 4) is 5.75 Å². The van der Waals surface area contributed by atoms with Gasteiger partial charge in [0.2, 0.25) is 5.91 Å². The molecule has 0 aliphatic rings. The standard InChI is InChI=1S/C21H19NO2/c1-22-21(23)14-20(16-10-12-17(24-2)13-11-16)19-9-5-7-15-6-3-4-8-18(15)19/h3-14H,1-2H3,(H,22,23)/b20-14-. The average Bonchev–Trinajstić information content (AvgIpc) is 2.65. The first-order valence-electron chi connectivity index (χ1n) is 7.79. The van der Waals surface area contributed by atoms with E-state index in [1.165, 1.54) is 0 Å². The molecule has 24 heavy (non-hydrogen) atoms. The summed E-state index contributed by atoms with van der Waals surface area (Å²) in [6.07, 6.45) is 1.64. The number of amides is 1. The van der Waals surface area contributed by atoms with E-state index in [0.29, 0.717) is 0 Å². The number of methoxy groups -OCH3 is 1. The number of hydrogen-bond acceptors (Lipinski definition) is 2. The molecule has 0 saturated heterocycles. The topological polar surface area (TPSA) is 38.3 Å². The molecule has 3 heteroatoms. The first-order chi connectivity index (χ1) is 11.7. The maximum absolute atomic E-state index is 12.0. The van der Waals surface area contributed by atoms with Gasteiger partial charge in [0.25, 0.3) is 0 Å². The summed E-state index contributed by atoms with van der Waals surface area (Å²) in [6, 6.07) is 22.0. The molecule has 0 bridgehead atoms. The monoisotopic (exact) mass is 317 g/mol. The molecule has 0 heterocycles. The molecule has 0 radical (unpaired) electrons. The number of benzene rings is 3. The second-order valence-corrected chi connectivity index (χ2v) is 5.43. The Bertz CT molecular complexity index is 890. The van der Waals surface area contributed by atoms with Gasteiger partial charge in [-0.05, 0) is 39.6 Å². The van der Waals surface area contributed by atoms with E-state index in [9.17, 15) is 4.79 Å². The Labute approximate surface area is 141 Å². The van der Waals surface area contributed by atoms with Gasteiger partial charge in [-0.2, -0.15) is 0 Å². The Morgan fingerprint density at radius 2 is 1.67 bits per heavy atom. The molecular formula is C21H19NO2. The summed E-state index contributed by atoms with van der Waals surface area (Å²) < 4.78 is 5.23. The van der Waals surface area contributed by atoms with Crippen LogP contribution in [0.15, 0.2) is 72.8 Å². The number of hydrogen-bond donors (Lipinski definition) is 1. The van der Waals surface area contributed by atoms with Crippen LogP contribution in [-0.2, 0) is 4.79 Å². The molecule has 1 N–H and O–H groups in total. The molecule has 1 amide bonds. The fraction of sp³-hybridized carbons (Fsp3) is 0.0952. The van der Waals surface area contributed by atoms with Crippen molar-refractivity contribution in [1.29, 1.82) is 0 Å². The van der Waals surface area contributed by atoms with Crippen LogP contribution in [0.25, 0.3) is 16.3 Å². The SMILES string of the molecule is CNC(=O)/C=C(/c1ccc(OC)cc1)c1cccc2ccccc12. The van der Waals surface area contributed by atoms with E-state index in [0.717, 1.165) is 33.2 Å². The Morgan fingerprint density at radius 1 is 0.958 bits per heavy atom. The van der Waals surface area contributed by atoms with Crippen molar-refractivity contribution in [2.75, 3.05) is 14.2 Å². The summed E-state index contributed by atoms with van der Waals surface area (Å²) in [4.78, 5) is 12.0. The van der Waals surface area contributed by atoms with Crippen LogP contribution in [0.2, 0.25) is 0 Å². The quantitative estimate of drug-likeness (QED) is 0.738. The summed E-state index contributed by atoms with van der Waals surface area (Å²) in [6.45, 7) is 0. The Hall–Kier alpha value is -3.07. The zero-order chi connectivity index (χ0) is 16.9. The smallest absolute Gasteiger partial charge is 0.244 e. The van der Waals surface area contributed by atoms with Crippen molar-refractivity contribution in [3.05, 3.63) is 83.9 Å². The number of rotatable bonds is 4. The molecule has 0 unspecified atom stereocenters. The van der Waals surface area contributed by atoms with Crippen LogP contribution in [-0.4, -0.2) is 20.1 Å². The van der Waals surface area contributed by atoms with Gasteiger partial charge in [0, 0.05) is 13.1 Å². The van der Waals surface area contributed by atoms with Gasteiger partial charge in [-0.1, -0.05) is 54.6 Å². The van der Waals surface area contributed by atoms with Gasteiger partial charge in [-0.25, -0.2) is 0 Å². The van der Waals surface area contributed by atoms with Crippen LogP contribution in [0.3, 0.4) is 0 Å². The molecule has 3 aromatic carbocycles. The lowest BCUT2D eigenvalue weighted by atomic mass is 9.93. The van der Waals surface area contributed by atoms with E-state index in [1.807, 2.05) is 48.5 Å². The number of likely N-dealkylation sites (N-methyl/N-ethyl adjacent to an activating group) is 1. The van der Waals surface area contributed by atoms with Crippen LogP contribution < -0.4 is 10.1 Å². The number of carbonyl (C=O) groups excluding carboxylic acids is 1. The molecule has 0 aliphatic heterocycles. The molecule has 0 atom stereocenters. The molecule has 120 valence electrons. The molecule has 0 aromatic heterocycles. The van der Waals surface area contributed by atoms with E-state index < -0.39 is 0 Å². The van der Waals surface area contributed by atoms with Gasteiger partial charge in [0.1, 0.15) is 5.75 Å². The summed E-state index contributed by atoms with van der Waals surface area (Å²) in [5, 5.41) is 4.93. The summed E-state index contributed by atoms with van der Waals surface area (Å²) in [5.41, 5.74) is 2.88. The Kier molecular flexibility index (Phi) is 4.62. The van der Waals surface area contributed by atoms with Gasteiger partial charge in [-0.3, -0.25) is 4.79 Å². The fourth-order valence-corrected chi connectivity index (χ4v) is 2.75. The number of fused-ring (bicyclic) bond motifs is 1. The highest BCUT2D eigenvalue weighted by molar-refractivity contribution is 6.04. The van der Waals surface area contributed by atoms with Crippen molar-refractivity contribution in [3.63, 3.8) is 0 Å². The van der Waals surface area contributed by atoms with Crippen LogP contribution >= 0.6 is 0 Å². The Morgan fingerprint density at radius 3 is 2.38 bits per heavy atom. The highest BCUT2D eigenvalue weighted by Crippen LogP contribution is 2.30. The predicted octanol–water partition coefficient (Wildman–Crippen LogP) is 4.03. The third-order valence-electron chi connectivity index (χ3n) is 4.00. The lowest BCUT2D eigenvalue weighted by Crippen LogP contribution is -2.15. The normalized spacial score (nSPS) is 11.3. The Balaban J connectivity index is 2.20. The molecular weight excluding hydrogens is 298 g/mol. The zero-order valence-electron chi connectivity index (χ0n) is 13.7. The number of carbonyl (C=O) groups is 1. The lowest BCUT2D eigenvalue weighted by Gasteiger charge is -2.12. The van der Waals surface area contributed by atoms with Crippen molar-refractivity contribution < 1.29 is 9.53 Å². The second kappa shape index (κ2) is 7.01. The maximum atomic E-state index is 12.0. The van der Waals surface area contributed by atoms with Crippen LogP contribution in [0.4, 0.5) is 0 Å². The summed E-state index contributed by atoms with van der Waals surface area (Å²) in [7, 11) is 3.27. The third kappa shape index (κ3) is 3.15. The first kappa shape index (κ1) is 15.8. The average molecular weight is 317 g/mol. The van der Waals surface area contributed by atoms with Crippen molar-refractivity contribution in [2.24, 2.45) is 0 Å². The summed E-state index contributed by atoms with van der Waals surface area (Å²) in [5.74, 6) is 0.657. The molecule has 0 saturated carbocycles. The van der Waals surface area contributed by atoms with Crippen LogP contribution in [0, 0.1) is 0 Å². The minimum Gasteiger partial charge on any atom is -0.497 e. The molecule has 0 fully saturated rings. The maximum Gasteiger partial charge on any atom is 0.244 e. The highest BCUT2D eigenvalue weighted by Gasteiger charge is 2.11. The molecule has 0 aliphatic carbocycles. The first-order valence-corrected chi connectivity index (χ1v) is 7.79. The third-order valence-corrected chi connectivity index (χ3v) is 4.00. The van der Waals surface area contributed by atoms with Crippen molar-refractivity contribution >= 4 is 22.3 Å². The minimum absolute atomic E-state index is 0.131. The molecule has 3 aromatic rings. The highest BCUT2D eigenvalue weighted by atomic mass is 16.5. The van der Waals surface area contributed by atoms with Crippen LogP contribution in [0.1, 0.15) is 11.1 Å². The lowest BCUT2D eigenvalue weighted by molar-refractivity contribution is -0.116. The van der Waals surface area contributed by atoms with E-state index >= 15 is 0 Å². The largest absolute Gasteiger partial charge is 0.497 e. The summed E-state index contributed by atoms with van der Waals surface area (Å²) >= 11 is 0. The fourth-order valence-electron chi connectivity index (χ4n) is 2.75. The molecule has 3 nitrogen and oxygen atoms in total. The van der Waals surface area contributed by atoms with E-state index in [4.69, 9.17) is 4.74 Å². The molecule has 3 rings (SSSR count).